The van der Waals surface area contributed by atoms with Crippen LogP contribution in [-0.2, 0) is 23.2 Å². The highest BCUT2D eigenvalue weighted by molar-refractivity contribution is 5.85. The molecule has 142 valence electrons. The van der Waals surface area contributed by atoms with Gasteiger partial charge in [-0.2, -0.15) is 0 Å². The maximum atomic E-state index is 14.4. The summed E-state index contributed by atoms with van der Waals surface area (Å²) in [5.74, 6) is -2.56. The van der Waals surface area contributed by atoms with Crippen molar-refractivity contribution in [3.8, 4) is 11.5 Å². The number of hydrogen-bond donors (Lipinski definition) is 1. The van der Waals surface area contributed by atoms with Gasteiger partial charge < -0.3 is 14.6 Å². The lowest BCUT2D eigenvalue weighted by atomic mass is 9.95. The molecular formula is C21H20F2O4. The number of halogens is 2. The summed E-state index contributed by atoms with van der Waals surface area (Å²) in [7, 11) is 0. The summed E-state index contributed by atoms with van der Waals surface area (Å²) in [6.45, 7) is 3.96. The molecule has 0 aromatic heterocycles. The van der Waals surface area contributed by atoms with Crippen LogP contribution in [0.25, 0.3) is 0 Å². The van der Waals surface area contributed by atoms with E-state index in [4.69, 9.17) is 9.47 Å². The van der Waals surface area contributed by atoms with E-state index in [0.29, 0.717) is 19.3 Å². The third-order valence-corrected chi connectivity index (χ3v) is 5.30. The lowest BCUT2D eigenvalue weighted by Gasteiger charge is -2.16. The smallest absolute Gasteiger partial charge is 0.314 e. The second-order valence-electron chi connectivity index (χ2n) is 7.88. The van der Waals surface area contributed by atoms with E-state index in [-0.39, 0.29) is 17.8 Å². The Hall–Kier alpha value is -2.63. The molecule has 0 bridgehead atoms. The predicted molar refractivity (Wildman–Crippen MR) is 94.1 cm³/mol. The first-order valence-corrected chi connectivity index (χ1v) is 8.87. The molecule has 0 amide bonds. The number of fused-ring (bicyclic) bond motifs is 1. The highest BCUT2D eigenvalue weighted by Crippen LogP contribution is 2.49. The second kappa shape index (κ2) is 5.94. The van der Waals surface area contributed by atoms with Crippen molar-refractivity contribution in [3.05, 3.63) is 58.7 Å². The number of hydrogen-bond acceptors (Lipinski definition) is 3. The minimum atomic E-state index is -1.16. The van der Waals surface area contributed by atoms with Gasteiger partial charge in [-0.1, -0.05) is 12.1 Å². The third-order valence-electron chi connectivity index (χ3n) is 5.30. The summed E-state index contributed by atoms with van der Waals surface area (Å²) in [6.07, 6.45) is 1.45. The minimum absolute atomic E-state index is 0.000126. The van der Waals surface area contributed by atoms with E-state index in [0.717, 1.165) is 29.0 Å². The average Bonchev–Trinajstić information content (AvgIpc) is 3.32. The van der Waals surface area contributed by atoms with Gasteiger partial charge in [0.25, 0.3) is 0 Å². The Morgan fingerprint density at radius 1 is 1.22 bits per heavy atom. The van der Waals surface area contributed by atoms with Crippen LogP contribution in [0.1, 0.15) is 43.4 Å². The molecule has 1 saturated carbocycles. The van der Waals surface area contributed by atoms with E-state index in [9.17, 15) is 18.7 Å². The number of benzene rings is 2. The number of ether oxygens (including phenoxy) is 2. The van der Waals surface area contributed by atoms with E-state index in [2.05, 4.69) is 0 Å². The lowest BCUT2D eigenvalue weighted by Crippen LogP contribution is -2.24. The van der Waals surface area contributed by atoms with Gasteiger partial charge in [0.05, 0.1) is 5.41 Å². The Labute approximate surface area is 155 Å². The molecule has 0 saturated heterocycles. The Morgan fingerprint density at radius 2 is 1.89 bits per heavy atom. The predicted octanol–water partition coefficient (Wildman–Crippen LogP) is 4.37. The highest BCUT2D eigenvalue weighted by atomic mass is 19.1. The normalized spacial score (nSPS) is 18.5. The van der Waals surface area contributed by atoms with Gasteiger partial charge in [-0.15, -0.1) is 0 Å². The maximum absolute atomic E-state index is 14.4. The molecule has 0 unspecified atom stereocenters. The Kier molecular flexibility index (Phi) is 3.91. The molecule has 4 nitrogen and oxygen atoms in total. The standard InChI is InChI=1S/C21H20F2O4/c1-20(2)10-14-12(4-3-5-17(14)27-20)11-26-18-15(22)8-13(9-16(18)23)21(6-7-21)19(24)25/h3-5,8-9H,6-7,10-11H2,1-2H3,(H,24,25). The van der Waals surface area contributed by atoms with Crippen molar-refractivity contribution in [1.82, 2.24) is 0 Å². The SMILES string of the molecule is CC1(C)Cc2c(COc3c(F)cc(C4(C(=O)O)CC4)cc3F)cccc2O1. The fraction of sp³-hybridized carbons (Fsp3) is 0.381. The van der Waals surface area contributed by atoms with Crippen molar-refractivity contribution in [2.45, 2.75) is 50.7 Å². The number of carbonyl (C=O) groups is 1. The summed E-state index contributed by atoms with van der Waals surface area (Å²) in [6, 6.07) is 7.67. The molecule has 1 fully saturated rings. The second-order valence-corrected chi connectivity index (χ2v) is 7.88. The van der Waals surface area contributed by atoms with E-state index < -0.39 is 28.8 Å². The number of rotatable bonds is 5. The highest BCUT2D eigenvalue weighted by Gasteiger charge is 2.52. The molecule has 1 N–H and O–H groups in total. The molecule has 4 rings (SSSR count). The van der Waals surface area contributed by atoms with Gasteiger partial charge in [-0.05, 0) is 56.0 Å². The zero-order valence-electron chi connectivity index (χ0n) is 15.1. The van der Waals surface area contributed by atoms with Crippen LogP contribution in [0.3, 0.4) is 0 Å². The largest absolute Gasteiger partial charge is 0.487 e. The van der Waals surface area contributed by atoms with Crippen LogP contribution in [0.15, 0.2) is 30.3 Å². The lowest BCUT2D eigenvalue weighted by molar-refractivity contribution is -0.140. The topological polar surface area (TPSA) is 55.8 Å². The van der Waals surface area contributed by atoms with Gasteiger partial charge in [0.2, 0.25) is 0 Å². The van der Waals surface area contributed by atoms with Gasteiger partial charge in [0.15, 0.2) is 17.4 Å². The number of aliphatic carboxylic acids is 1. The van der Waals surface area contributed by atoms with Gasteiger partial charge in [0.1, 0.15) is 18.0 Å². The molecule has 0 spiro atoms. The van der Waals surface area contributed by atoms with Gasteiger partial charge >= 0.3 is 5.97 Å². The van der Waals surface area contributed by atoms with Crippen LogP contribution < -0.4 is 9.47 Å². The van der Waals surface area contributed by atoms with E-state index >= 15 is 0 Å². The summed E-state index contributed by atoms with van der Waals surface area (Å²) in [5.41, 5.74) is 0.441. The van der Waals surface area contributed by atoms with Crippen LogP contribution in [0, 0.1) is 11.6 Å². The molecule has 6 heteroatoms. The van der Waals surface area contributed by atoms with E-state index in [1.807, 2.05) is 32.0 Å². The fourth-order valence-electron chi connectivity index (χ4n) is 3.68. The summed E-state index contributed by atoms with van der Waals surface area (Å²) in [4.78, 5) is 11.4. The van der Waals surface area contributed by atoms with Gasteiger partial charge in [-0.3, -0.25) is 4.79 Å². The van der Waals surface area contributed by atoms with E-state index in [1.165, 1.54) is 0 Å². The minimum Gasteiger partial charge on any atom is -0.487 e. The van der Waals surface area contributed by atoms with Crippen LogP contribution >= 0.6 is 0 Å². The van der Waals surface area contributed by atoms with Crippen molar-refractivity contribution >= 4 is 5.97 Å². The molecule has 1 heterocycles. The van der Waals surface area contributed by atoms with Crippen molar-refractivity contribution in [3.63, 3.8) is 0 Å². The summed E-state index contributed by atoms with van der Waals surface area (Å²) in [5, 5.41) is 9.30. The maximum Gasteiger partial charge on any atom is 0.314 e. The fourth-order valence-corrected chi connectivity index (χ4v) is 3.68. The Bertz CT molecular complexity index is 909. The Morgan fingerprint density at radius 3 is 2.48 bits per heavy atom. The molecule has 0 radical (unpaired) electrons. The Balaban J connectivity index is 1.57. The quantitative estimate of drug-likeness (QED) is 0.844. The molecule has 1 aliphatic heterocycles. The van der Waals surface area contributed by atoms with Crippen LogP contribution in [0.4, 0.5) is 8.78 Å². The van der Waals surface area contributed by atoms with Crippen molar-refractivity contribution in [1.29, 1.82) is 0 Å². The molecule has 1 aliphatic carbocycles. The molecular weight excluding hydrogens is 354 g/mol. The first-order chi connectivity index (χ1) is 12.7. The molecule has 2 aromatic carbocycles. The molecule has 2 aliphatic rings. The van der Waals surface area contributed by atoms with Crippen molar-refractivity contribution in [2.24, 2.45) is 0 Å². The summed E-state index contributed by atoms with van der Waals surface area (Å²) >= 11 is 0. The van der Waals surface area contributed by atoms with Gasteiger partial charge in [-0.25, -0.2) is 8.78 Å². The monoisotopic (exact) mass is 374 g/mol. The third kappa shape index (κ3) is 3.03. The summed E-state index contributed by atoms with van der Waals surface area (Å²) < 4.78 is 40.2. The van der Waals surface area contributed by atoms with Crippen LogP contribution in [0.5, 0.6) is 11.5 Å². The van der Waals surface area contributed by atoms with Crippen LogP contribution in [-0.4, -0.2) is 16.7 Å². The molecule has 0 atom stereocenters. The molecule has 2 aromatic rings. The first-order valence-electron chi connectivity index (χ1n) is 8.87. The zero-order chi connectivity index (χ0) is 19.4. The molecule has 27 heavy (non-hydrogen) atoms. The first kappa shape index (κ1) is 17.8. The average molecular weight is 374 g/mol. The van der Waals surface area contributed by atoms with Crippen molar-refractivity contribution in [2.75, 3.05) is 0 Å². The van der Waals surface area contributed by atoms with Crippen molar-refractivity contribution < 1.29 is 28.2 Å². The van der Waals surface area contributed by atoms with Crippen LogP contribution in [0.2, 0.25) is 0 Å². The number of carboxylic acid groups (broad SMARTS) is 1. The van der Waals surface area contributed by atoms with E-state index in [1.54, 1.807) is 0 Å². The zero-order valence-corrected chi connectivity index (χ0v) is 15.1. The van der Waals surface area contributed by atoms with Gasteiger partial charge in [0, 0.05) is 12.0 Å². The number of carboxylic acids is 1.